The molecular formula is C21H15N5O4. The number of nitro groups is 1. The fourth-order valence-corrected chi connectivity index (χ4v) is 2.85. The van der Waals surface area contributed by atoms with Gasteiger partial charge in [0, 0.05) is 23.4 Å². The zero-order valence-electron chi connectivity index (χ0n) is 15.8. The number of nitrogens with one attached hydrogen (secondary N) is 1. The topological polar surface area (TPSA) is 124 Å². The van der Waals surface area contributed by atoms with Crippen LogP contribution in [0.25, 0.3) is 23.0 Å². The Kier molecular flexibility index (Phi) is 5.00. The molecule has 148 valence electrons. The minimum absolute atomic E-state index is 0.118. The van der Waals surface area contributed by atoms with Gasteiger partial charge in [-0.15, -0.1) is 0 Å². The Morgan fingerprint density at radius 2 is 1.90 bits per heavy atom. The van der Waals surface area contributed by atoms with E-state index in [1.165, 1.54) is 18.2 Å². The zero-order valence-corrected chi connectivity index (χ0v) is 15.8. The number of carbonyl (C=O) groups excluding carboxylic acids is 1. The quantitative estimate of drug-likeness (QED) is 0.391. The molecule has 4 rings (SSSR count). The van der Waals surface area contributed by atoms with Crippen LogP contribution in [0, 0.1) is 17.0 Å². The number of hydrogen-bond acceptors (Lipinski definition) is 7. The van der Waals surface area contributed by atoms with Crippen LogP contribution in [0.4, 0.5) is 11.4 Å². The smallest absolute Gasteiger partial charge is 0.273 e. The first-order valence-corrected chi connectivity index (χ1v) is 8.94. The van der Waals surface area contributed by atoms with E-state index in [0.29, 0.717) is 28.3 Å². The third-order valence-corrected chi connectivity index (χ3v) is 4.39. The van der Waals surface area contributed by atoms with Crippen molar-refractivity contribution in [2.75, 3.05) is 5.32 Å². The summed E-state index contributed by atoms with van der Waals surface area (Å²) in [6.45, 7) is 1.61. The Labute approximate surface area is 170 Å². The van der Waals surface area contributed by atoms with E-state index < -0.39 is 10.8 Å². The van der Waals surface area contributed by atoms with Crippen LogP contribution in [-0.2, 0) is 0 Å². The number of benzene rings is 2. The summed E-state index contributed by atoms with van der Waals surface area (Å²) >= 11 is 0. The lowest BCUT2D eigenvalue weighted by Gasteiger charge is -2.09. The molecule has 0 aliphatic carbocycles. The minimum Gasteiger partial charge on any atom is -0.333 e. The maximum absolute atomic E-state index is 12.7. The molecule has 0 unspecified atom stereocenters. The van der Waals surface area contributed by atoms with Crippen LogP contribution in [0.3, 0.4) is 0 Å². The lowest BCUT2D eigenvalue weighted by atomic mass is 10.1. The van der Waals surface area contributed by atoms with E-state index in [1.54, 1.807) is 49.5 Å². The minimum atomic E-state index is -0.516. The van der Waals surface area contributed by atoms with Crippen LogP contribution in [-0.4, -0.2) is 26.0 Å². The summed E-state index contributed by atoms with van der Waals surface area (Å²) in [5.74, 6) is 0.0392. The van der Waals surface area contributed by atoms with E-state index in [2.05, 4.69) is 20.4 Å². The van der Waals surface area contributed by atoms with Crippen molar-refractivity contribution < 1.29 is 14.2 Å². The molecule has 30 heavy (non-hydrogen) atoms. The molecule has 4 aromatic rings. The zero-order chi connectivity index (χ0) is 21.1. The molecule has 0 aliphatic heterocycles. The van der Waals surface area contributed by atoms with Crippen LogP contribution < -0.4 is 5.32 Å². The van der Waals surface area contributed by atoms with Crippen LogP contribution in [0.15, 0.2) is 71.4 Å². The summed E-state index contributed by atoms with van der Waals surface area (Å²) in [7, 11) is 0. The number of nitro benzene ring substituents is 1. The van der Waals surface area contributed by atoms with Gasteiger partial charge in [-0.2, -0.15) is 4.98 Å². The van der Waals surface area contributed by atoms with Gasteiger partial charge < -0.3 is 9.84 Å². The number of anilines is 1. The number of hydrogen-bond donors (Lipinski definition) is 1. The Morgan fingerprint density at radius 3 is 2.67 bits per heavy atom. The fraction of sp³-hybridized carbons (Fsp3) is 0.0476. The Balaban J connectivity index is 1.63. The Morgan fingerprint density at radius 1 is 1.10 bits per heavy atom. The largest absolute Gasteiger partial charge is 0.333 e. The van der Waals surface area contributed by atoms with E-state index in [9.17, 15) is 14.9 Å². The van der Waals surface area contributed by atoms with Crippen LogP contribution in [0.5, 0.6) is 0 Å². The molecule has 2 aromatic heterocycles. The van der Waals surface area contributed by atoms with Crippen molar-refractivity contribution >= 4 is 17.3 Å². The van der Waals surface area contributed by atoms with Crippen molar-refractivity contribution in [2.24, 2.45) is 0 Å². The molecular weight excluding hydrogens is 386 g/mol. The van der Waals surface area contributed by atoms with Crippen molar-refractivity contribution in [2.45, 2.75) is 6.92 Å². The molecule has 2 heterocycles. The van der Waals surface area contributed by atoms with Gasteiger partial charge in [0.15, 0.2) is 0 Å². The second-order valence-electron chi connectivity index (χ2n) is 6.40. The summed E-state index contributed by atoms with van der Waals surface area (Å²) in [6, 6.07) is 16.6. The second kappa shape index (κ2) is 7.92. The molecule has 0 spiro atoms. The van der Waals surface area contributed by atoms with Crippen LogP contribution in [0.2, 0.25) is 0 Å². The summed E-state index contributed by atoms with van der Waals surface area (Å²) < 4.78 is 5.36. The van der Waals surface area contributed by atoms with Crippen molar-refractivity contribution in [3.05, 3.63) is 88.1 Å². The van der Waals surface area contributed by atoms with Crippen molar-refractivity contribution in [3.8, 4) is 23.0 Å². The highest BCUT2D eigenvalue weighted by atomic mass is 16.6. The van der Waals surface area contributed by atoms with Crippen molar-refractivity contribution in [1.29, 1.82) is 0 Å². The van der Waals surface area contributed by atoms with E-state index >= 15 is 0 Å². The summed E-state index contributed by atoms with van der Waals surface area (Å²) in [6.07, 6.45) is 1.63. The van der Waals surface area contributed by atoms with Crippen LogP contribution >= 0.6 is 0 Å². The molecule has 0 atom stereocenters. The summed E-state index contributed by atoms with van der Waals surface area (Å²) in [4.78, 5) is 31.9. The molecule has 9 heteroatoms. The molecule has 0 radical (unpaired) electrons. The van der Waals surface area contributed by atoms with Gasteiger partial charge in [-0.3, -0.25) is 19.9 Å². The predicted octanol–water partition coefficient (Wildman–Crippen LogP) is 4.27. The van der Waals surface area contributed by atoms with E-state index in [1.807, 2.05) is 6.07 Å². The maximum Gasteiger partial charge on any atom is 0.273 e. The first kappa shape index (κ1) is 18.9. The number of rotatable bonds is 5. The van der Waals surface area contributed by atoms with Gasteiger partial charge in [0.25, 0.3) is 17.5 Å². The number of aromatic nitrogens is 3. The van der Waals surface area contributed by atoms with Gasteiger partial charge in [-0.05, 0) is 37.3 Å². The first-order valence-electron chi connectivity index (χ1n) is 8.94. The monoisotopic (exact) mass is 401 g/mol. The van der Waals surface area contributed by atoms with E-state index in [0.717, 1.165) is 0 Å². The van der Waals surface area contributed by atoms with Gasteiger partial charge in [0.05, 0.1) is 16.2 Å². The number of carbonyl (C=O) groups is 1. The third kappa shape index (κ3) is 3.76. The molecule has 2 aromatic carbocycles. The standard InChI is InChI=1S/C21H15N5O4/c1-13-9-10-14(12-18(13)26(28)29)20(27)23-16-7-3-2-6-15(16)21-24-19(25-30-21)17-8-4-5-11-22-17/h2-12H,1H3,(H,23,27). The maximum atomic E-state index is 12.7. The van der Waals surface area contributed by atoms with Gasteiger partial charge in [0.2, 0.25) is 5.82 Å². The molecule has 0 aliphatic rings. The van der Waals surface area contributed by atoms with Crippen molar-refractivity contribution in [3.63, 3.8) is 0 Å². The van der Waals surface area contributed by atoms with Crippen molar-refractivity contribution in [1.82, 2.24) is 15.1 Å². The van der Waals surface area contributed by atoms with Gasteiger partial charge in [-0.25, -0.2) is 0 Å². The Bertz CT molecular complexity index is 1240. The van der Waals surface area contributed by atoms with Gasteiger partial charge >= 0.3 is 0 Å². The molecule has 1 N–H and O–H groups in total. The van der Waals surface area contributed by atoms with Crippen LogP contribution in [0.1, 0.15) is 15.9 Å². The van der Waals surface area contributed by atoms with E-state index in [-0.39, 0.29) is 17.1 Å². The number of aryl methyl sites for hydroxylation is 1. The normalized spacial score (nSPS) is 10.6. The molecule has 0 fully saturated rings. The lowest BCUT2D eigenvalue weighted by molar-refractivity contribution is -0.385. The highest BCUT2D eigenvalue weighted by Gasteiger charge is 2.18. The summed E-state index contributed by atoms with van der Waals surface area (Å²) in [5, 5.41) is 17.9. The Hall–Kier alpha value is -4.40. The van der Waals surface area contributed by atoms with Gasteiger partial charge in [-0.1, -0.05) is 29.4 Å². The SMILES string of the molecule is Cc1ccc(C(=O)Nc2ccccc2-c2nc(-c3ccccn3)no2)cc1[N+](=O)[O-]. The highest BCUT2D eigenvalue weighted by molar-refractivity contribution is 6.06. The lowest BCUT2D eigenvalue weighted by Crippen LogP contribution is -2.13. The second-order valence-corrected chi connectivity index (χ2v) is 6.40. The average Bonchev–Trinajstić information content (AvgIpc) is 3.25. The summed E-state index contributed by atoms with van der Waals surface area (Å²) in [5.41, 5.74) is 2.03. The average molecular weight is 401 g/mol. The van der Waals surface area contributed by atoms with E-state index in [4.69, 9.17) is 4.52 Å². The fourth-order valence-electron chi connectivity index (χ4n) is 2.85. The number of amides is 1. The number of para-hydroxylation sites is 1. The molecule has 1 amide bonds. The van der Waals surface area contributed by atoms with Gasteiger partial charge in [0.1, 0.15) is 5.69 Å². The number of pyridine rings is 1. The number of nitrogens with zero attached hydrogens (tertiary/aromatic N) is 4. The predicted molar refractivity (Wildman–Crippen MR) is 109 cm³/mol. The third-order valence-electron chi connectivity index (χ3n) is 4.39. The molecule has 0 saturated carbocycles. The highest BCUT2D eigenvalue weighted by Crippen LogP contribution is 2.29. The molecule has 0 saturated heterocycles. The molecule has 9 nitrogen and oxygen atoms in total. The molecule has 0 bridgehead atoms. The first-order chi connectivity index (χ1) is 14.5.